The van der Waals surface area contributed by atoms with Crippen molar-refractivity contribution in [1.82, 2.24) is 4.98 Å². The van der Waals surface area contributed by atoms with Crippen LogP contribution in [0.15, 0.2) is 47.8 Å². The lowest BCUT2D eigenvalue weighted by Crippen LogP contribution is -2.23. The van der Waals surface area contributed by atoms with Crippen LogP contribution in [0.2, 0.25) is 5.02 Å². The Morgan fingerprint density at radius 2 is 1.86 bits per heavy atom. The Labute approximate surface area is 172 Å². The number of nitrogens with zero attached hydrogens (tertiary/aromatic N) is 2. The van der Waals surface area contributed by atoms with Crippen molar-refractivity contribution in [2.75, 3.05) is 4.90 Å². The van der Waals surface area contributed by atoms with Gasteiger partial charge < -0.3 is 4.74 Å². The van der Waals surface area contributed by atoms with Gasteiger partial charge in [0, 0.05) is 17.3 Å². The molecule has 0 radical (unpaired) electrons. The van der Waals surface area contributed by atoms with Gasteiger partial charge in [0.15, 0.2) is 5.13 Å². The van der Waals surface area contributed by atoms with Crippen molar-refractivity contribution in [2.45, 2.75) is 27.4 Å². The molecular weight excluding hydrogens is 396 g/mol. The van der Waals surface area contributed by atoms with E-state index in [4.69, 9.17) is 16.3 Å². The van der Waals surface area contributed by atoms with Gasteiger partial charge in [-0.05, 0) is 49.7 Å². The highest BCUT2D eigenvalue weighted by atomic mass is 35.5. The molecule has 0 fully saturated rings. The number of amides is 1. The Hall–Kier alpha value is -2.70. The molecule has 0 saturated carbocycles. The molecule has 0 spiro atoms. The van der Waals surface area contributed by atoms with Crippen LogP contribution in [0.4, 0.5) is 10.8 Å². The normalized spacial score (nSPS) is 10.6. The van der Waals surface area contributed by atoms with Crippen LogP contribution in [0.3, 0.4) is 0 Å². The summed E-state index contributed by atoms with van der Waals surface area (Å²) < 4.78 is 5.31. The fourth-order valence-corrected chi connectivity index (χ4v) is 3.73. The van der Waals surface area contributed by atoms with E-state index in [1.54, 1.807) is 34.5 Å². The Balaban J connectivity index is 1.75. The van der Waals surface area contributed by atoms with Crippen LogP contribution in [0.1, 0.15) is 34.1 Å². The van der Waals surface area contributed by atoms with Gasteiger partial charge in [0.1, 0.15) is 6.61 Å². The first-order valence-electron chi connectivity index (χ1n) is 8.60. The minimum Gasteiger partial charge on any atom is -0.456 e. The van der Waals surface area contributed by atoms with Crippen LogP contribution in [-0.2, 0) is 16.1 Å². The van der Waals surface area contributed by atoms with E-state index in [9.17, 15) is 9.59 Å². The summed E-state index contributed by atoms with van der Waals surface area (Å²) in [5.41, 5.74) is 3.90. The van der Waals surface area contributed by atoms with Gasteiger partial charge in [0.05, 0.1) is 16.9 Å². The van der Waals surface area contributed by atoms with Crippen LogP contribution in [0, 0.1) is 13.8 Å². The number of carbonyl (C=O) groups excluding carboxylic acids is 2. The van der Waals surface area contributed by atoms with E-state index >= 15 is 0 Å². The molecule has 1 heterocycles. The first-order chi connectivity index (χ1) is 13.3. The molecule has 0 bridgehead atoms. The van der Waals surface area contributed by atoms with Crippen LogP contribution < -0.4 is 4.90 Å². The molecule has 144 valence electrons. The maximum absolute atomic E-state index is 12.3. The van der Waals surface area contributed by atoms with Gasteiger partial charge in [-0.1, -0.05) is 29.3 Å². The molecule has 2 aromatic carbocycles. The summed E-state index contributed by atoms with van der Waals surface area (Å²) in [5, 5.41) is 2.87. The molecule has 0 atom stereocenters. The van der Waals surface area contributed by atoms with Gasteiger partial charge in [-0.15, -0.1) is 11.3 Å². The van der Waals surface area contributed by atoms with Crippen molar-refractivity contribution in [3.05, 3.63) is 75.3 Å². The first kappa shape index (κ1) is 20.0. The lowest BCUT2D eigenvalue weighted by Gasteiger charge is -2.20. The summed E-state index contributed by atoms with van der Waals surface area (Å²) in [6, 6.07) is 12.4. The number of thiazole rings is 1. The van der Waals surface area contributed by atoms with Gasteiger partial charge in [0.25, 0.3) is 0 Å². The lowest BCUT2D eigenvalue weighted by molar-refractivity contribution is -0.115. The van der Waals surface area contributed by atoms with E-state index in [-0.39, 0.29) is 12.5 Å². The number of halogens is 1. The van der Waals surface area contributed by atoms with Gasteiger partial charge in [-0.3, -0.25) is 9.69 Å². The maximum Gasteiger partial charge on any atom is 0.338 e. The van der Waals surface area contributed by atoms with Gasteiger partial charge in [0.2, 0.25) is 5.91 Å². The Kier molecular flexibility index (Phi) is 6.11. The second kappa shape index (κ2) is 8.54. The average molecular weight is 415 g/mol. The number of aromatic nitrogens is 1. The van der Waals surface area contributed by atoms with Crippen LogP contribution in [0.25, 0.3) is 0 Å². The quantitative estimate of drug-likeness (QED) is 0.520. The van der Waals surface area contributed by atoms with E-state index in [2.05, 4.69) is 4.98 Å². The van der Waals surface area contributed by atoms with Crippen LogP contribution in [0.5, 0.6) is 0 Å². The molecular formula is C21H19ClN2O3S. The maximum atomic E-state index is 12.3. The summed E-state index contributed by atoms with van der Waals surface area (Å²) in [7, 11) is 0. The summed E-state index contributed by atoms with van der Waals surface area (Å²) in [6.45, 7) is 5.49. The Morgan fingerprint density at radius 3 is 2.50 bits per heavy atom. The predicted molar refractivity (Wildman–Crippen MR) is 111 cm³/mol. The smallest absolute Gasteiger partial charge is 0.338 e. The monoisotopic (exact) mass is 414 g/mol. The molecule has 0 aliphatic heterocycles. The van der Waals surface area contributed by atoms with E-state index < -0.39 is 5.97 Å². The number of anilines is 2. The van der Waals surface area contributed by atoms with Gasteiger partial charge in [-0.25, -0.2) is 9.78 Å². The highest BCUT2D eigenvalue weighted by Gasteiger charge is 2.20. The van der Waals surface area contributed by atoms with Crippen molar-refractivity contribution >= 4 is 45.6 Å². The number of esters is 1. The highest BCUT2D eigenvalue weighted by molar-refractivity contribution is 7.14. The second-order valence-electron chi connectivity index (χ2n) is 6.35. The zero-order valence-electron chi connectivity index (χ0n) is 15.7. The number of hydrogen-bond donors (Lipinski definition) is 0. The molecule has 0 N–H and O–H groups in total. The molecule has 1 amide bonds. The summed E-state index contributed by atoms with van der Waals surface area (Å²) in [5.74, 6) is -0.588. The molecule has 3 aromatic rings. The standard InChI is InChI=1S/C21H19ClN2O3S/c1-13-4-9-19(14(2)10-13)24(15(3)25)21-23-18(12-28-21)11-27-20(26)16-5-7-17(22)8-6-16/h4-10,12H,11H2,1-3H3. The number of aryl methyl sites for hydroxylation is 2. The molecule has 0 saturated heterocycles. The lowest BCUT2D eigenvalue weighted by atomic mass is 10.1. The first-order valence-corrected chi connectivity index (χ1v) is 9.86. The summed E-state index contributed by atoms with van der Waals surface area (Å²) >= 11 is 7.15. The molecule has 0 aliphatic rings. The topological polar surface area (TPSA) is 59.5 Å². The van der Waals surface area contributed by atoms with Gasteiger partial charge >= 0.3 is 5.97 Å². The van der Waals surface area contributed by atoms with E-state index in [1.165, 1.54) is 18.3 Å². The fourth-order valence-electron chi connectivity index (χ4n) is 2.74. The predicted octanol–water partition coefficient (Wildman–Crippen LogP) is 5.45. The zero-order chi connectivity index (χ0) is 20.3. The van der Waals surface area contributed by atoms with Gasteiger partial charge in [-0.2, -0.15) is 0 Å². The molecule has 0 unspecified atom stereocenters. The number of rotatable bonds is 5. The number of ether oxygens (including phenoxy) is 1. The van der Waals surface area contributed by atoms with E-state index in [1.807, 2.05) is 32.0 Å². The van der Waals surface area contributed by atoms with Crippen LogP contribution >= 0.6 is 22.9 Å². The van der Waals surface area contributed by atoms with E-state index in [0.717, 1.165) is 16.8 Å². The third-order valence-corrected chi connectivity index (χ3v) is 5.20. The molecule has 1 aromatic heterocycles. The molecule has 28 heavy (non-hydrogen) atoms. The third kappa shape index (κ3) is 4.58. The van der Waals surface area contributed by atoms with Crippen molar-refractivity contribution in [1.29, 1.82) is 0 Å². The third-order valence-electron chi connectivity index (χ3n) is 4.07. The average Bonchev–Trinajstić information content (AvgIpc) is 3.10. The number of carbonyl (C=O) groups is 2. The second-order valence-corrected chi connectivity index (χ2v) is 7.62. The van der Waals surface area contributed by atoms with Crippen molar-refractivity contribution in [3.8, 4) is 0 Å². The number of benzene rings is 2. The molecule has 5 nitrogen and oxygen atoms in total. The molecule has 0 aliphatic carbocycles. The van der Waals surface area contributed by atoms with Crippen LogP contribution in [-0.4, -0.2) is 16.9 Å². The largest absolute Gasteiger partial charge is 0.456 e. The Bertz CT molecular complexity index is 1010. The zero-order valence-corrected chi connectivity index (χ0v) is 17.3. The van der Waals surface area contributed by atoms with Crippen molar-refractivity contribution < 1.29 is 14.3 Å². The van der Waals surface area contributed by atoms with Crippen molar-refractivity contribution in [2.24, 2.45) is 0 Å². The van der Waals surface area contributed by atoms with E-state index in [0.29, 0.717) is 21.4 Å². The Morgan fingerprint density at radius 1 is 1.14 bits per heavy atom. The molecule has 3 rings (SSSR count). The molecule has 7 heteroatoms. The summed E-state index contributed by atoms with van der Waals surface area (Å²) in [6.07, 6.45) is 0. The summed E-state index contributed by atoms with van der Waals surface area (Å²) in [4.78, 5) is 30.4. The minimum absolute atomic E-state index is 0.0244. The highest BCUT2D eigenvalue weighted by Crippen LogP contribution is 2.31. The van der Waals surface area contributed by atoms with Crippen molar-refractivity contribution in [3.63, 3.8) is 0 Å². The number of hydrogen-bond acceptors (Lipinski definition) is 5. The fraction of sp³-hybridized carbons (Fsp3) is 0.190. The SMILES string of the molecule is CC(=O)N(c1nc(COC(=O)c2ccc(Cl)cc2)cs1)c1ccc(C)cc1C. The minimum atomic E-state index is -0.455.